The maximum Gasteiger partial charge on any atom is 0.229 e. The lowest BCUT2D eigenvalue weighted by molar-refractivity contribution is -0.120. The number of benzene rings is 1. The Morgan fingerprint density at radius 2 is 2.29 bits per heavy atom. The molecule has 0 bridgehead atoms. The number of hydrogen-bond acceptors (Lipinski definition) is 2. The van der Waals surface area contributed by atoms with Gasteiger partial charge in [0, 0.05) is 6.54 Å². The van der Waals surface area contributed by atoms with Crippen molar-refractivity contribution in [3.8, 4) is 0 Å². The van der Waals surface area contributed by atoms with Gasteiger partial charge in [-0.05, 0) is 30.7 Å². The molecule has 2 rings (SSSR count). The Balaban J connectivity index is 2.10. The average Bonchev–Trinajstić information content (AvgIpc) is 2.70. The van der Waals surface area contributed by atoms with Crippen molar-refractivity contribution in [2.24, 2.45) is 11.8 Å². The molecule has 0 aromatic heterocycles. The van der Waals surface area contributed by atoms with E-state index in [0.29, 0.717) is 17.3 Å². The van der Waals surface area contributed by atoms with Gasteiger partial charge in [-0.2, -0.15) is 0 Å². The van der Waals surface area contributed by atoms with Crippen LogP contribution in [-0.2, 0) is 4.79 Å². The number of nitrogens with one attached hydrogen (secondary N) is 2. The number of anilines is 1. The normalized spacial score (nSPS) is 23.7. The van der Waals surface area contributed by atoms with Crippen molar-refractivity contribution >= 4 is 23.2 Å². The van der Waals surface area contributed by atoms with Crippen LogP contribution in [-0.4, -0.2) is 19.0 Å². The molecule has 1 aliphatic heterocycles. The summed E-state index contributed by atoms with van der Waals surface area (Å²) in [6, 6.07) is 3.92. The van der Waals surface area contributed by atoms with Gasteiger partial charge in [0.2, 0.25) is 5.91 Å². The zero-order valence-corrected chi connectivity index (χ0v) is 10.2. The summed E-state index contributed by atoms with van der Waals surface area (Å²) in [7, 11) is 0. The third-order valence-electron chi connectivity index (χ3n) is 3.04. The highest BCUT2D eigenvalue weighted by atomic mass is 35.5. The Morgan fingerprint density at radius 1 is 1.53 bits per heavy atom. The van der Waals surface area contributed by atoms with E-state index >= 15 is 0 Å². The molecule has 0 saturated carbocycles. The fourth-order valence-corrected chi connectivity index (χ4v) is 2.14. The Kier molecular flexibility index (Phi) is 3.64. The predicted molar refractivity (Wildman–Crippen MR) is 65.6 cm³/mol. The molecule has 0 radical (unpaired) electrons. The Morgan fingerprint density at radius 3 is 2.94 bits per heavy atom. The lowest BCUT2D eigenvalue weighted by Crippen LogP contribution is -2.28. The molecule has 0 spiro atoms. The minimum atomic E-state index is -0.415. The Labute approximate surface area is 104 Å². The number of carbonyl (C=O) groups excluding carboxylic acids is 1. The van der Waals surface area contributed by atoms with Gasteiger partial charge < -0.3 is 10.6 Å². The molecule has 1 aromatic carbocycles. The van der Waals surface area contributed by atoms with E-state index in [4.69, 9.17) is 11.6 Å². The summed E-state index contributed by atoms with van der Waals surface area (Å²) in [5, 5.41) is 6.17. The summed E-state index contributed by atoms with van der Waals surface area (Å²) in [6.07, 6.45) is 0. The smallest absolute Gasteiger partial charge is 0.229 e. The van der Waals surface area contributed by atoms with Gasteiger partial charge in [0.25, 0.3) is 0 Å². The second-order valence-electron chi connectivity index (χ2n) is 4.36. The molecular weight excluding hydrogens is 243 g/mol. The van der Waals surface area contributed by atoms with E-state index in [2.05, 4.69) is 10.6 Å². The molecule has 0 aliphatic carbocycles. The van der Waals surface area contributed by atoms with Crippen molar-refractivity contribution in [3.63, 3.8) is 0 Å². The number of rotatable bonds is 2. The quantitative estimate of drug-likeness (QED) is 0.852. The molecule has 5 heteroatoms. The number of hydrogen-bond donors (Lipinski definition) is 2. The highest BCUT2D eigenvalue weighted by Gasteiger charge is 2.29. The van der Waals surface area contributed by atoms with Crippen LogP contribution < -0.4 is 10.6 Å². The molecule has 1 heterocycles. The number of carbonyl (C=O) groups is 1. The van der Waals surface area contributed by atoms with Gasteiger partial charge >= 0.3 is 0 Å². The average molecular weight is 257 g/mol. The first-order valence-electron chi connectivity index (χ1n) is 5.54. The topological polar surface area (TPSA) is 41.1 Å². The molecule has 2 unspecified atom stereocenters. The van der Waals surface area contributed by atoms with E-state index in [9.17, 15) is 9.18 Å². The van der Waals surface area contributed by atoms with E-state index < -0.39 is 5.82 Å². The molecule has 3 nitrogen and oxygen atoms in total. The second kappa shape index (κ2) is 5.02. The molecule has 17 heavy (non-hydrogen) atoms. The van der Waals surface area contributed by atoms with Gasteiger partial charge in [0.15, 0.2) is 0 Å². The van der Waals surface area contributed by atoms with Crippen LogP contribution in [0, 0.1) is 17.7 Å². The SMILES string of the molecule is CC1CNCC1C(=O)Nc1cc(F)ccc1Cl. The van der Waals surface area contributed by atoms with E-state index in [-0.39, 0.29) is 17.7 Å². The first-order chi connectivity index (χ1) is 8.08. The fraction of sp³-hybridized carbons (Fsp3) is 0.417. The largest absolute Gasteiger partial charge is 0.324 e. The van der Waals surface area contributed by atoms with Crippen molar-refractivity contribution in [2.75, 3.05) is 18.4 Å². The summed E-state index contributed by atoms with van der Waals surface area (Å²) < 4.78 is 13.0. The molecule has 92 valence electrons. The minimum Gasteiger partial charge on any atom is -0.324 e. The molecule has 1 amide bonds. The summed E-state index contributed by atoms with van der Waals surface area (Å²) in [4.78, 5) is 12.0. The van der Waals surface area contributed by atoms with E-state index in [0.717, 1.165) is 6.54 Å². The molecule has 1 saturated heterocycles. The highest BCUT2D eigenvalue weighted by Crippen LogP contribution is 2.24. The Bertz CT molecular complexity index is 439. The lowest BCUT2D eigenvalue weighted by Gasteiger charge is -2.14. The monoisotopic (exact) mass is 256 g/mol. The molecule has 2 atom stereocenters. The van der Waals surface area contributed by atoms with Crippen molar-refractivity contribution in [3.05, 3.63) is 29.0 Å². The van der Waals surface area contributed by atoms with Gasteiger partial charge in [-0.1, -0.05) is 18.5 Å². The highest BCUT2D eigenvalue weighted by molar-refractivity contribution is 6.33. The molecule has 2 N–H and O–H groups in total. The van der Waals surface area contributed by atoms with Crippen LogP contribution in [0.25, 0.3) is 0 Å². The molecule has 1 aliphatic rings. The predicted octanol–water partition coefficient (Wildman–Crippen LogP) is 2.27. The van der Waals surface area contributed by atoms with Gasteiger partial charge in [-0.25, -0.2) is 4.39 Å². The zero-order valence-electron chi connectivity index (χ0n) is 9.47. The van der Waals surface area contributed by atoms with E-state index in [1.54, 1.807) is 0 Å². The number of amides is 1. The Hall–Kier alpha value is -1.13. The van der Waals surface area contributed by atoms with Gasteiger partial charge in [0.05, 0.1) is 16.6 Å². The summed E-state index contributed by atoms with van der Waals surface area (Å²) in [6.45, 7) is 3.49. The van der Waals surface area contributed by atoms with Crippen molar-refractivity contribution < 1.29 is 9.18 Å². The lowest BCUT2D eigenvalue weighted by atomic mass is 9.97. The van der Waals surface area contributed by atoms with E-state index in [1.807, 2.05) is 6.92 Å². The first kappa shape index (κ1) is 12.3. The van der Waals surface area contributed by atoms with E-state index in [1.165, 1.54) is 18.2 Å². The maximum atomic E-state index is 13.0. The van der Waals surface area contributed by atoms with Crippen LogP contribution in [0.5, 0.6) is 0 Å². The van der Waals surface area contributed by atoms with Gasteiger partial charge in [0.1, 0.15) is 5.82 Å². The first-order valence-corrected chi connectivity index (χ1v) is 5.92. The zero-order chi connectivity index (χ0) is 12.4. The molecular formula is C12H14ClFN2O. The van der Waals surface area contributed by atoms with Gasteiger partial charge in [-0.15, -0.1) is 0 Å². The maximum absolute atomic E-state index is 13.0. The van der Waals surface area contributed by atoms with Crippen LogP contribution in [0.15, 0.2) is 18.2 Å². The van der Waals surface area contributed by atoms with Crippen LogP contribution in [0.4, 0.5) is 10.1 Å². The van der Waals surface area contributed by atoms with Gasteiger partial charge in [-0.3, -0.25) is 4.79 Å². The third kappa shape index (κ3) is 2.76. The third-order valence-corrected chi connectivity index (χ3v) is 3.37. The minimum absolute atomic E-state index is 0.0886. The fourth-order valence-electron chi connectivity index (χ4n) is 1.98. The van der Waals surface area contributed by atoms with Crippen LogP contribution in [0.2, 0.25) is 5.02 Å². The number of halogens is 2. The summed E-state index contributed by atoms with van der Waals surface area (Å²) in [5.41, 5.74) is 0.329. The summed E-state index contributed by atoms with van der Waals surface area (Å²) in [5.74, 6) is -0.339. The molecule has 1 aromatic rings. The molecule has 1 fully saturated rings. The van der Waals surface area contributed by atoms with Crippen LogP contribution in [0.1, 0.15) is 6.92 Å². The standard InChI is InChI=1S/C12H14ClFN2O/c1-7-5-15-6-9(7)12(17)16-11-4-8(14)2-3-10(11)13/h2-4,7,9,15H,5-6H2,1H3,(H,16,17). The summed E-state index contributed by atoms with van der Waals surface area (Å²) >= 11 is 5.89. The van der Waals surface area contributed by atoms with Crippen molar-refractivity contribution in [2.45, 2.75) is 6.92 Å². The van der Waals surface area contributed by atoms with Crippen LogP contribution >= 0.6 is 11.6 Å². The van der Waals surface area contributed by atoms with Crippen molar-refractivity contribution in [1.82, 2.24) is 5.32 Å². The van der Waals surface area contributed by atoms with Crippen LogP contribution in [0.3, 0.4) is 0 Å². The second-order valence-corrected chi connectivity index (χ2v) is 4.76. The van der Waals surface area contributed by atoms with Crippen molar-refractivity contribution in [1.29, 1.82) is 0 Å².